The highest BCUT2D eigenvalue weighted by Crippen LogP contribution is 2.39. The molecule has 1 aliphatic heterocycles. The van der Waals surface area contributed by atoms with Crippen LogP contribution in [0.3, 0.4) is 0 Å². The summed E-state index contributed by atoms with van der Waals surface area (Å²) in [5, 5.41) is 3.09. The lowest BCUT2D eigenvalue weighted by atomic mass is 10.1. The van der Waals surface area contributed by atoms with Gasteiger partial charge in [0.25, 0.3) is 11.8 Å². The number of rotatable bonds is 6. The van der Waals surface area contributed by atoms with Crippen molar-refractivity contribution < 1.29 is 27.9 Å². The summed E-state index contributed by atoms with van der Waals surface area (Å²) in [6.45, 7) is 0.106. The van der Waals surface area contributed by atoms with E-state index in [2.05, 4.69) is 5.32 Å². The van der Waals surface area contributed by atoms with Crippen LogP contribution in [0.1, 0.15) is 48.0 Å². The van der Waals surface area contributed by atoms with Gasteiger partial charge in [0, 0.05) is 17.8 Å². The topological polar surface area (TPSA) is 94.2 Å². The average Bonchev–Trinajstić information content (AvgIpc) is 3.57. The van der Waals surface area contributed by atoms with Crippen molar-refractivity contribution in [2.45, 2.75) is 37.8 Å². The average molecular weight is 422 g/mol. The van der Waals surface area contributed by atoms with Gasteiger partial charge in [0.2, 0.25) is 6.79 Å². The lowest BCUT2D eigenvalue weighted by Crippen LogP contribution is -2.46. The maximum absolute atomic E-state index is 13.5. The molecule has 2 aliphatic rings. The summed E-state index contributed by atoms with van der Waals surface area (Å²) in [6.07, 6.45) is 6.91. The smallest absolute Gasteiger partial charge is 0.295 e. The number of nitrogens with zero attached hydrogens (tertiary/aromatic N) is 1. The summed E-state index contributed by atoms with van der Waals surface area (Å²) < 4.78 is 21.8. The number of anilines is 1. The Morgan fingerprint density at radius 3 is 2.48 bits per heavy atom. The molecule has 0 radical (unpaired) electrons. The van der Waals surface area contributed by atoms with Gasteiger partial charge in [0.05, 0.1) is 12.5 Å². The lowest BCUT2D eigenvalue weighted by molar-refractivity contribution is -0.123. The molecule has 1 N–H and O–H groups in total. The van der Waals surface area contributed by atoms with E-state index in [1.54, 1.807) is 42.5 Å². The Morgan fingerprint density at radius 2 is 1.74 bits per heavy atom. The van der Waals surface area contributed by atoms with E-state index in [1.165, 1.54) is 17.4 Å². The van der Waals surface area contributed by atoms with Gasteiger partial charge in [0.15, 0.2) is 23.3 Å². The highest BCUT2D eigenvalue weighted by Gasteiger charge is 2.38. The van der Waals surface area contributed by atoms with Crippen LogP contribution >= 0.6 is 0 Å². The van der Waals surface area contributed by atoms with Crippen molar-refractivity contribution in [1.29, 1.82) is 0 Å². The molecule has 1 atom stereocenters. The fourth-order valence-electron chi connectivity index (χ4n) is 4.11. The van der Waals surface area contributed by atoms with Crippen LogP contribution in [0.2, 0.25) is 0 Å². The molecule has 0 bridgehead atoms. The van der Waals surface area contributed by atoms with Crippen molar-refractivity contribution in [3.8, 4) is 11.5 Å². The van der Waals surface area contributed by atoms with Crippen LogP contribution in [-0.4, -0.2) is 24.6 Å². The summed E-state index contributed by atoms with van der Waals surface area (Å²) in [5.74, 6) is 0.783. The number of fused-ring (bicyclic) bond motifs is 1. The van der Waals surface area contributed by atoms with Crippen molar-refractivity contribution in [2.24, 2.45) is 0 Å². The minimum atomic E-state index is -1.02. The molecule has 8 heteroatoms. The second kappa shape index (κ2) is 8.22. The van der Waals surface area contributed by atoms with E-state index in [0.29, 0.717) is 22.9 Å². The maximum atomic E-state index is 13.5. The molecule has 1 aliphatic carbocycles. The first-order valence-electron chi connectivity index (χ1n) is 10.3. The van der Waals surface area contributed by atoms with Gasteiger partial charge in [0.1, 0.15) is 5.76 Å². The van der Waals surface area contributed by atoms with Crippen molar-refractivity contribution in [2.75, 3.05) is 11.7 Å². The number of ether oxygens (including phenoxy) is 2. The van der Waals surface area contributed by atoms with Crippen LogP contribution < -0.4 is 19.7 Å². The number of furan rings is 2. The maximum Gasteiger partial charge on any atom is 0.295 e. The standard InChI is InChI=1S/C23H22N2O6/c26-22(24-15-5-1-2-6-15)21(18-7-3-11-28-18)25(23(27)19-8-4-12-29-19)16-9-10-17-20(13-16)31-14-30-17/h3-4,7-13,15,21H,1-2,5-6,14H2,(H,24,26). The molecule has 1 aromatic carbocycles. The Balaban J connectivity index is 1.57. The number of hydrogen-bond donors (Lipinski definition) is 1. The molecule has 3 heterocycles. The van der Waals surface area contributed by atoms with Gasteiger partial charge in [-0.2, -0.15) is 0 Å². The molecule has 160 valence electrons. The Bertz CT molecular complexity index is 1050. The van der Waals surface area contributed by atoms with E-state index in [4.69, 9.17) is 18.3 Å². The highest BCUT2D eigenvalue weighted by molar-refractivity contribution is 6.08. The molecule has 1 saturated carbocycles. The zero-order valence-corrected chi connectivity index (χ0v) is 16.8. The minimum absolute atomic E-state index is 0.0854. The van der Waals surface area contributed by atoms with Crippen LogP contribution in [0, 0.1) is 0 Å². The quantitative estimate of drug-likeness (QED) is 0.644. The van der Waals surface area contributed by atoms with Crippen molar-refractivity contribution in [3.63, 3.8) is 0 Å². The van der Waals surface area contributed by atoms with Crippen LogP contribution in [0.4, 0.5) is 5.69 Å². The van der Waals surface area contributed by atoms with E-state index < -0.39 is 11.9 Å². The van der Waals surface area contributed by atoms with Crippen molar-refractivity contribution in [1.82, 2.24) is 5.32 Å². The number of amides is 2. The van der Waals surface area contributed by atoms with Gasteiger partial charge in [-0.1, -0.05) is 12.8 Å². The van der Waals surface area contributed by atoms with E-state index in [0.717, 1.165) is 25.7 Å². The van der Waals surface area contributed by atoms with Gasteiger partial charge in [-0.3, -0.25) is 14.5 Å². The molecular weight excluding hydrogens is 400 g/mol. The van der Waals surface area contributed by atoms with E-state index >= 15 is 0 Å². The van der Waals surface area contributed by atoms with Gasteiger partial charge in [-0.05, 0) is 49.2 Å². The van der Waals surface area contributed by atoms with Gasteiger partial charge >= 0.3 is 0 Å². The predicted molar refractivity (Wildman–Crippen MR) is 110 cm³/mol. The summed E-state index contributed by atoms with van der Waals surface area (Å²) in [5.41, 5.74) is 0.466. The summed E-state index contributed by atoms with van der Waals surface area (Å²) >= 11 is 0. The highest BCUT2D eigenvalue weighted by atomic mass is 16.7. The molecule has 2 amide bonds. The van der Waals surface area contributed by atoms with Gasteiger partial charge in [-0.15, -0.1) is 0 Å². The number of hydrogen-bond acceptors (Lipinski definition) is 6. The number of carbonyl (C=O) groups is 2. The van der Waals surface area contributed by atoms with Crippen LogP contribution in [0.15, 0.2) is 63.8 Å². The second-order valence-electron chi connectivity index (χ2n) is 7.60. The summed E-state index contributed by atoms with van der Waals surface area (Å²) in [4.78, 5) is 28.4. The third kappa shape index (κ3) is 3.76. The fraction of sp³-hybridized carbons (Fsp3) is 0.304. The van der Waals surface area contributed by atoms with Crippen LogP contribution in [0.25, 0.3) is 0 Å². The predicted octanol–water partition coefficient (Wildman–Crippen LogP) is 4.05. The zero-order chi connectivity index (χ0) is 21.2. The third-order valence-electron chi connectivity index (χ3n) is 5.61. The minimum Gasteiger partial charge on any atom is -0.467 e. The molecule has 5 rings (SSSR count). The van der Waals surface area contributed by atoms with Gasteiger partial charge < -0.3 is 23.6 Å². The van der Waals surface area contributed by atoms with E-state index in [1.807, 2.05) is 0 Å². The molecular formula is C23H22N2O6. The van der Waals surface area contributed by atoms with Gasteiger partial charge in [-0.25, -0.2) is 0 Å². The third-order valence-corrected chi connectivity index (χ3v) is 5.61. The normalized spacial score (nSPS) is 16.3. The van der Waals surface area contributed by atoms with Crippen molar-refractivity contribution >= 4 is 17.5 Å². The molecule has 8 nitrogen and oxygen atoms in total. The van der Waals surface area contributed by atoms with Crippen LogP contribution in [0.5, 0.6) is 11.5 Å². The monoisotopic (exact) mass is 422 g/mol. The van der Waals surface area contributed by atoms with E-state index in [9.17, 15) is 9.59 Å². The number of nitrogens with one attached hydrogen (secondary N) is 1. The molecule has 0 spiro atoms. The lowest BCUT2D eigenvalue weighted by Gasteiger charge is -2.30. The van der Waals surface area contributed by atoms with E-state index in [-0.39, 0.29) is 24.5 Å². The van der Waals surface area contributed by atoms with Crippen LogP contribution in [-0.2, 0) is 4.79 Å². The fourth-order valence-corrected chi connectivity index (χ4v) is 4.11. The Labute approximate surface area is 178 Å². The number of benzene rings is 1. The molecule has 3 aromatic rings. The molecule has 1 unspecified atom stereocenters. The first kappa shape index (κ1) is 19.3. The number of carbonyl (C=O) groups excluding carboxylic acids is 2. The molecule has 1 fully saturated rings. The SMILES string of the molecule is O=C(NC1CCCC1)C(c1ccco1)N(C(=O)c1ccco1)c1ccc2c(c1)OCO2. The second-order valence-corrected chi connectivity index (χ2v) is 7.60. The first-order chi connectivity index (χ1) is 15.2. The molecule has 31 heavy (non-hydrogen) atoms. The molecule has 0 saturated heterocycles. The largest absolute Gasteiger partial charge is 0.467 e. The summed E-state index contributed by atoms with van der Waals surface area (Å²) in [7, 11) is 0. The summed E-state index contributed by atoms with van der Waals surface area (Å²) in [6, 6.07) is 10.8. The zero-order valence-electron chi connectivity index (χ0n) is 16.8. The molecule has 2 aromatic heterocycles. The first-order valence-corrected chi connectivity index (χ1v) is 10.3. The Kier molecular flexibility index (Phi) is 5.11. The van der Waals surface area contributed by atoms with Crippen molar-refractivity contribution in [3.05, 3.63) is 66.5 Å². The Morgan fingerprint density at radius 1 is 0.968 bits per heavy atom. The Hall–Kier alpha value is -3.68.